The maximum atomic E-state index is 5.98. The van der Waals surface area contributed by atoms with Crippen LogP contribution in [0.25, 0.3) is 0 Å². The van der Waals surface area contributed by atoms with Crippen LogP contribution in [0.2, 0.25) is 4.34 Å². The molecule has 1 heterocycles. The Hall–Kier alpha value is -0.0900. The highest BCUT2D eigenvalue weighted by Gasteiger charge is 2.49. The maximum Gasteiger partial charge on any atom is 0.0931 e. The minimum absolute atomic E-state index is 0.212. The van der Waals surface area contributed by atoms with Crippen LogP contribution >= 0.6 is 22.9 Å². The molecule has 1 N–H and O–H groups in total. The molecule has 3 unspecified atom stereocenters. The number of hydrogen-bond acceptors (Lipinski definition) is 3. The Morgan fingerprint density at radius 2 is 2.33 bits per heavy atom. The molecule has 3 atom stereocenters. The van der Waals surface area contributed by atoms with Crippen LogP contribution in [0.15, 0.2) is 11.4 Å². The van der Waals surface area contributed by atoms with Gasteiger partial charge in [0.1, 0.15) is 0 Å². The van der Waals surface area contributed by atoms with Crippen LogP contribution in [0.3, 0.4) is 0 Å². The summed E-state index contributed by atoms with van der Waals surface area (Å²) in [6, 6.07) is 2.92. The largest absolute Gasteiger partial charge is 0.378 e. The highest BCUT2D eigenvalue weighted by molar-refractivity contribution is 7.14. The van der Waals surface area contributed by atoms with Gasteiger partial charge < -0.3 is 10.1 Å². The molecule has 1 aliphatic carbocycles. The highest BCUT2D eigenvalue weighted by Crippen LogP contribution is 2.43. The van der Waals surface area contributed by atoms with Gasteiger partial charge in [-0.1, -0.05) is 25.4 Å². The predicted octanol–water partition coefficient (Wildman–Crippen LogP) is 4.26. The monoisotopic (exact) mass is 287 g/mol. The molecule has 1 aromatic rings. The van der Waals surface area contributed by atoms with Gasteiger partial charge in [-0.15, -0.1) is 11.3 Å². The number of nitrogens with one attached hydrogen (secondary N) is 1. The van der Waals surface area contributed by atoms with Crippen molar-refractivity contribution >= 4 is 22.9 Å². The van der Waals surface area contributed by atoms with Crippen molar-refractivity contribution in [2.75, 3.05) is 6.61 Å². The first-order chi connectivity index (χ1) is 8.45. The molecule has 1 fully saturated rings. The van der Waals surface area contributed by atoms with Gasteiger partial charge in [0, 0.05) is 24.1 Å². The van der Waals surface area contributed by atoms with Crippen LogP contribution in [0.1, 0.15) is 45.7 Å². The predicted molar refractivity (Wildman–Crippen MR) is 78.5 cm³/mol. The topological polar surface area (TPSA) is 21.3 Å². The second-order valence-corrected chi connectivity index (χ2v) is 7.17. The third-order valence-electron chi connectivity index (χ3n) is 4.08. The Morgan fingerprint density at radius 1 is 1.61 bits per heavy atom. The zero-order valence-electron chi connectivity index (χ0n) is 11.5. The summed E-state index contributed by atoms with van der Waals surface area (Å²) in [6.45, 7) is 9.62. The van der Waals surface area contributed by atoms with E-state index < -0.39 is 0 Å². The number of hydrogen-bond donors (Lipinski definition) is 1. The quantitative estimate of drug-likeness (QED) is 0.874. The molecular weight excluding hydrogens is 266 g/mol. The van der Waals surface area contributed by atoms with Crippen LogP contribution in [0, 0.1) is 5.41 Å². The molecule has 0 saturated heterocycles. The van der Waals surface area contributed by atoms with Crippen molar-refractivity contribution in [1.29, 1.82) is 0 Å². The zero-order valence-corrected chi connectivity index (χ0v) is 13.1. The first kappa shape index (κ1) is 14.3. The SMILES string of the molecule is CCOC1CC(NC(C)c2csc(Cl)c2)C1(C)C. The average Bonchev–Trinajstić information content (AvgIpc) is 2.74. The van der Waals surface area contributed by atoms with Crippen molar-refractivity contribution in [1.82, 2.24) is 5.32 Å². The molecule has 102 valence electrons. The number of thiophene rings is 1. The minimum atomic E-state index is 0.212. The normalized spacial score (nSPS) is 27.8. The molecule has 0 bridgehead atoms. The summed E-state index contributed by atoms with van der Waals surface area (Å²) < 4.78 is 6.62. The third-order valence-corrected chi connectivity index (χ3v) is 5.19. The summed E-state index contributed by atoms with van der Waals surface area (Å²) in [5.41, 5.74) is 1.49. The molecule has 0 aromatic carbocycles. The van der Waals surface area contributed by atoms with Gasteiger partial charge in [0.05, 0.1) is 10.4 Å². The summed E-state index contributed by atoms with van der Waals surface area (Å²) >= 11 is 7.57. The third kappa shape index (κ3) is 2.74. The molecule has 2 nitrogen and oxygen atoms in total. The number of rotatable bonds is 5. The molecule has 1 aliphatic rings. The lowest BCUT2D eigenvalue weighted by Gasteiger charge is -2.52. The zero-order chi connectivity index (χ0) is 13.3. The van der Waals surface area contributed by atoms with Crippen LogP contribution in [0.4, 0.5) is 0 Å². The smallest absolute Gasteiger partial charge is 0.0931 e. The minimum Gasteiger partial charge on any atom is -0.378 e. The van der Waals surface area contributed by atoms with Crippen molar-refractivity contribution in [3.63, 3.8) is 0 Å². The average molecular weight is 288 g/mol. The Morgan fingerprint density at radius 3 is 2.83 bits per heavy atom. The molecule has 0 spiro atoms. The molecule has 1 aromatic heterocycles. The van der Waals surface area contributed by atoms with E-state index in [1.807, 2.05) is 0 Å². The van der Waals surface area contributed by atoms with Gasteiger partial charge in [-0.05, 0) is 37.3 Å². The summed E-state index contributed by atoms with van der Waals surface area (Å²) in [5.74, 6) is 0. The lowest BCUT2D eigenvalue weighted by Crippen LogP contribution is -2.61. The maximum absolute atomic E-state index is 5.98. The molecule has 0 aliphatic heterocycles. The van der Waals surface area contributed by atoms with Crippen LogP contribution < -0.4 is 5.32 Å². The van der Waals surface area contributed by atoms with Gasteiger partial charge in [0.15, 0.2) is 0 Å². The number of halogens is 1. The highest BCUT2D eigenvalue weighted by atomic mass is 35.5. The van der Waals surface area contributed by atoms with Crippen molar-refractivity contribution < 1.29 is 4.74 Å². The Labute approximate surface area is 119 Å². The van der Waals surface area contributed by atoms with E-state index in [0.717, 1.165) is 17.4 Å². The van der Waals surface area contributed by atoms with E-state index in [4.69, 9.17) is 16.3 Å². The second-order valence-electron chi connectivity index (χ2n) is 5.63. The Kier molecular flexibility index (Phi) is 4.37. The molecule has 0 amide bonds. The van der Waals surface area contributed by atoms with E-state index in [2.05, 4.69) is 44.5 Å². The fraction of sp³-hybridized carbons (Fsp3) is 0.714. The van der Waals surface area contributed by atoms with E-state index in [1.54, 1.807) is 11.3 Å². The van der Waals surface area contributed by atoms with Crippen molar-refractivity contribution in [2.24, 2.45) is 5.41 Å². The lowest BCUT2D eigenvalue weighted by molar-refractivity contribution is -0.116. The fourth-order valence-electron chi connectivity index (χ4n) is 2.60. The standard InChI is InChI=1S/C14H22ClNOS/c1-5-17-12-7-11(14(12,3)4)16-9(2)10-6-13(15)18-8-10/h6,8-9,11-12,16H,5,7H2,1-4H3. The first-order valence-corrected chi connectivity index (χ1v) is 7.82. The summed E-state index contributed by atoms with van der Waals surface area (Å²) in [7, 11) is 0. The van der Waals surface area contributed by atoms with E-state index >= 15 is 0 Å². The Balaban J connectivity index is 1.91. The molecule has 1 saturated carbocycles. The lowest BCUT2D eigenvalue weighted by atomic mass is 9.64. The van der Waals surface area contributed by atoms with E-state index in [0.29, 0.717) is 18.2 Å². The molecule has 2 rings (SSSR count). The van der Waals surface area contributed by atoms with Gasteiger partial charge in [-0.2, -0.15) is 0 Å². The van der Waals surface area contributed by atoms with Gasteiger partial charge >= 0.3 is 0 Å². The van der Waals surface area contributed by atoms with E-state index in [9.17, 15) is 0 Å². The summed E-state index contributed by atoms with van der Waals surface area (Å²) in [4.78, 5) is 0. The van der Waals surface area contributed by atoms with E-state index in [1.165, 1.54) is 5.56 Å². The van der Waals surface area contributed by atoms with Crippen molar-refractivity contribution in [3.8, 4) is 0 Å². The number of ether oxygens (including phenoxy) is 1. The fourth-order valence-corrected chi connectivity index (χ4v) is 3.59. The second kappa shape index (κ2) is 5.49. The molecule has 4 heteroatoms. The van der Waals surface area contributed by atoms with Crippen LogP contribution in [-0.2, 0) is 4.74 Å². The van der Waals surface area contributed by atoms with Crippen LogP contribution in [0.5, 0.6) is 0 Å². The summed E-state index contributed by atoms with van der Waals surface area (Å²) in [5, 5.41) is 5.82. The van der Waals surface area contributed by atoms with Crippen molar-refractivity contribution in [3.05, 3.63) is 21.3 Å². The van der Waals surface area contributed by atoms with Crippen molar-refractivity contribution in [2.45, 2.75) is 52.3 Å². The van der Waals surface area contributed by atoms with Gasteiger partial charge in [-0.25, -0.2) is 0 Å². The first-order valence-electron chi connectivity index (χ1n) is 6.56. The molecule has 0 radical (unpaired) electrons. The van der Waals surface area contributed by atoms with Crippen LogP contribution in [-0.4, -0.2) is 18.8 Å². The van der Waals surface area contributed by atoms with Gasteiger partial charge in [0.25, 0.3) is 0 Å². The van der Waals surface area contributed by atoms with Gasteiger partial charge in [0.2, 0.25) is 0 Å². The molecular formula is C14H22ClNOS. The van der Waals surface area contributed by atoms with Gasteiger partial charge in [-0.3, -0.25) is 0 Å². The summed E-state index contributed by atoms with van der Waals surface area (Å²) in [6.07, 6.45) is 1.49. The Bertz CT molecular complexity index is 404. The van der Waals surface area contributed by atoms with E-state index in [-0.39, 0.29) is 5.41 Å². The molecule has 18 heavy (non-hydrogen) atoms.